The van der Waals surface area contributed by atoms with Crippen molar-refractivity contribution in [2.75, 3.05) is 12.4 Å². The molecule has 8 heteroatoms. The van der Waals surface area contributed by atoms with Gasteiger partial charge in [0, 0.05) is 23.9 Å². The summed E-state index contributed by atoms with van der Waals surface area (Å²) in [5.41, 5.74) is 6.63. The van der Waals surface area contributed by atoms with Crippen LogP contribution in [0.25, 0.3) is 0 Å². The number of hydrogen-bond donors (Lipinski definition) is 3. The molecule has 1 aromatic heterocycles. The van der Waals surface area contributed by atoms with E-state index in [-0.39, 0.29) is 24.1 Å². The lowest BCUT2D eigenvalue weighted by Gasteiger charge is -2.05. The number of aromatic nitrogens is 2. The molecule has 7 nitrogen and oxygen atoms in total. The number of aromatic amines is 1. The Labute approximate surface area is 125 Å². The number of halogens is 1. The molecule has 0 fully saturated rings. The van der Waals surface area contributed by atoms with Crippen LogP contribution < -0.4 is 16.6 Å². The van der Waals surface area contributed by atoms with E-state index in [2.05, 4.69) is 20.3 Å². The molecule has 2 rings (SSSR count). The van der Waals surface area contributed by atoms with Gasteiger partial charge in [0.15, 0.2) is 0 Å². The minimum atomic E-state index is -0.324. The van der Waals surface area contributed by atoms with E-state index in [4.69, 9.17) is 22.1 Å². The number of hydrogen-bond acceptors (Lipinski definition) is 4. The molecule has 0 saturated heterocycles. The zero-order valence-corrected chi connectivity index (χ0v) is 12.0. The first kappa shape index (κ1) is 15.0. The number of nitrogens with two attached hydrogens (primary N) is 1. The molecule has 0 bridgehead atoms. The number of nitrogens with zero attached hydrogens (tertiary/aromatic N) is 2. The Hall–Kier alpha value is -2.38. The van der Waals surface area contributed by atoms with Crippen molar-refractivity contribution >= 4 is 29.2 Å². The second-order valence-corrected chi connectivity index (χ2v) is 4.56. The third-order valence-corrected chi connectivity index (χ3v) is 2.67. The monoisotopic (exact) mass is 307 g/mol. The second kappa shape index (κ2) is 6.87. The predicted molar refractivity (Wildman–Crippen MR) is 81.9 cm³/mol. The predicted octanol–water partition coefficient (Wildman–Crippen LogP) is 1.63. The first-order chi connectivity index (χ1) is 10.1. The number of guanidine groups is 1. The van der Waals surface area contributed by atoms with Gasteiger partial charge in [0.2, 0.25) is 11.9 Å². The molecule has 0 radical (unpaired) electrons. The molecule has 0 aliphatic heterocycles. The van der Waals surface area contributed by atoms with E-state index in [9.17, 15) is 4.79 Å². The fourth-order valence-electron chi connectivity index (χ4n) is 1.59. The van der Waals surface area contributed by atoms with E-state index in [0.29, 0.717) is 10.7 Å². The standard InChI is InChI=1S/C13H14ClN5O2/c1-21-7-10-6-11(20)18-13(17-10)19-12(15)16-9-4-2-8(14)3-5-9/h2-6H,7H2,1H3,(H4,15,16,17,18,19,20). The van der Waals surface area contributed by atoms with Crippen molar-refractivity contribution < 1.29 is 4.74 Å². The molecule has 0 aliphatic rings. The topological polar surface area (TPSA) is 105 Å². The second-order valence-electron chi connectivity index (χ2n) is 4.12. The molecule has 21 heavy (non-hydrogen) atoms. The lowest BCUT2D eigenvalue weighted by molar-refractivity contribution is 0.181. The van der Waals surface area contributed by atoms with Crippen LogP contribution in [-0.4, -0.2) is 23.0 Å². The zero-order valence-electron chi connectivity index (χ0n) is 11.3. The van der Waals surface area contributed by atoms with E-state index in [1.54, 1.807) is 24.3 Å². The Morgan fingerprint density at radius 2 is 2.19 bits per heavy atom. The summed E-state index contributed by atoms with van der Waals surface area (Å²) >= 11 is 5.79. The van der Waals surface area contributed by atoms with Crippen LogP contribution in [0.2, 0.25) is 5.02 Å². The summed E-state index contributed by atoms with van der Waals surface area (Å²) in [7, 11) is 1.52. The Balaban J connectivity index is 2.18. The van der Waals surface area contributed by atoms with Crippen molar-refractivity contribution in [3.63, 3.8) is 0 Å². The van der Waals surface area contributed by atoms with Crippen molar-refractivity contribution in [1.82, 2.24) is 9.97 Å². The van der Waals surface area contributed by atoms with Gasteiger partial charge in [-0.2, -0.15) is 4.99 Å². The van der Waals surface area contributed by atoms with Gasteiger partial charge in [-0.05, 0) is 24.3 Å². The van der Waals surface area contributed by atoms with Crippen LogP contribution in [0.4, 0.5) is 11.6 Å². The highest BCUT2D eigenvalue weighted by molar-refractivity contribution is 6.30. The number of nitrogens with one attached hydrogen (secondary N) is 2. The largest absolute Gasteiger partial charge is 0.378 e. The number of benzene rings is 1. The number of aliphatic imine (C=N–C) groups is 1. The number of H-pyrrole nitrogens is 1. The molecule has 1 heterocycles. The summed E-state index contributed by atoms with van der Waals surface area (Å²) < 4.78 is 4.93. The lowest BCUT2D eigenvalue weighted by Crippen LogP contribution is -2.22. The molecule has 0 atom stereocenters. The molecule has 110 valence electrons. The molecular formula is C13H14ClN5O2. The van der Waals surface area contributed by atoms with Gasteiger partial charge < -0.3 is 15.8 Å². The average Bonchev–Trinajstić information content (AvgIpc) is 2.41. The fraction of sp³-hybridized carbons (Fsp3) is 0.154. The van der Waals surface area contributed by atoms with E-state index in [0.717, 1.165) is 5.69 Å². The maximum absolute atomic E-state index is 11.5. The van der Waals surface area contributed by atoms with Gasteiger partial charge in [-0.1, -0.05) is 11.6 Å². The molecular weight excluding hydrogens is 294 g/mol. The summed E-state index contributed by atoms with van der Waals surface area (Å²) in [5, 5.41) is 3.48. The molecule has 0 spiro atoms. The molecule has 0 unspecified atom stereocenters. The van der Waals surface area contributed by atoms with Crippen molar-refractivity contribution in [2.45, 2.75) is 6.61 Å². The molecule has 0 amide bonds. The Morgan fingerprint density at radius 3 is 2.86 bits per heavy atom. The highest BCUT2D eigenvalue weighted by Crippen LogP contribution is 2.13. The molecule has 2 aromatic rings. The highest BCUT2D eigenvalue weighted by atomic mass is 35.5. The van der Waals surface area contributed by atoms with Crippen molar-refractivity contribution in [3.8, 4) is 0 Å². The first-order valence-corrected chi connectivity index (χ1v) is 6.40. The highest BCUT2D eigenvalue weighted by Gasteiger charge is 2.02. The van der Waals surface area contributed by atoms with Gasteiger partial charge in [0.05, 0.1) is 12.3 Å². The minimum absolute atomic E-state index is 0.0926. The van der Waals surface area contributed by atoms with Crippen LogP contribution in [0, 0.1) is 0 Å². The van der Waals surface area contributed by atoms with Crippen LogP contribution in [0.3, 0.4) is 0 Å². The molecule has 1 aromatic carbocycles. The summed E-state index contributed by atoms with van der Waals surface area (Å²) in [6.45, 7) is 0.219. The first-order valence-electron chi connectivity index (χ1n) is 6.03. The Kier molecular flexibility index (Phi) is 4.91. The molecule has 0 saturated carbocycles. The van der Waals surface area contributed by atoms with Gasteiger partial charge in [-0.25, -0.2) is 4.98 Å². The quantitative estimate of drug-likeness (QED) is 0.588. The third-order valence-electron chi connectivity index (χ3n) is 2.42. The van der Waals surface area contributed by atoms with Crippen molar-refractivity contribution in [2.24, 2.45) is 10.7 Å². The van der Waals surface area contributed by atoms with E-state index < -0.39 is 0 Å². The number of methoxy groups -OCH3 is 1. The van der Waals surface area contributed by atoms with Crippen LogP contribution in [0.5, 0.6) is 0 Å². The Bertz CT molecular complexity index is 696. The normalized spacial score (nSPS) is 11.4. The smallest absolute Gasteiger partial charge is 0.252 e. The average molecular weight is 308 g/mol. The van der Waals surface area contributed by atoms with Crippen LogP contribution in [0.1, 0.15) is 5.69 Å². The lowest BCUT2D eigenvalue weighted by atomic mass is 10.3. The summed E-state index contributed by atoms with van der Waals surface area (Å²) in [6.07, 6.45) is 0. The fourth-order valence-corrected chi connectivity index (χ4v) is 1.72. The summed E-state index contributed by atoms with van der Waals surface area (Å²) in [4.78, 5) is 22.1. The van der Waals surface area contributed by atoms with Crippen LogP contribution in [-0.2, 0) is 11.3 Å². The number of ether oxygens (including phenoxy) is 1. The van der Waals surface area contributed by atoms with Crippen molar-refractivity contribution in [1.29, 1.82) is 0 Å². The van der Waals surface area contributed by atoms with Gasteiger partial charge in [-0.3, -0.25) is 9.78 Å². The molecule has 0 aliphatic carbocycles. The SMILES string of the molecule is COCc1cc(=O)[nH]c(N=C(N)Nc2ccc(Cl)cc2)n1. The van der Waals surface area contributed by atoms with E-state index in [1.165, 1.54) is 13.2 Å². The van der Waals surface area contributed by atoms with Crippen LogP contribution >= 0.6 is 11.6 Å². The van der Waals surface area contributed by atoms with Crippen LogP contribution in [0.15, 0.2) is 40.1 Å². The minimum Gasteiger partial charge on any atom is -0.378 e. The van der Waals surface area contributed by atoms with Gasteiger partial charge in [-0.15, -0.1) is 0 Å². The summed E-state index contributed by atoms with van der Waals surface area (Å²) in [6, 6.07) is 8.28. The van der Waals surface area contributed by atoms with E-state index in [1.807, 2.05) is 0 Å². The van der Waals surface area contributed by atoms with Gasteiger partial charge >= 0.3 is 0 Å². The number of anilines is 1. The molecule has 4 N–H and O–H groups in total. The van der Waals surface area contributed by atoms with Crippen molar-refractivity contribution in [3.05, 3.63) is 51.4 Å². The maximum atomic E-state index is 11.5. The zero-order chi connectivity index (χ0) is 15.2. The van der Waals surface area contributed by atoms with E-state index >= 15 is 0 Å². The third kappa shape index (κ3) is 4.59. The van der Waals surface area contributed by atoms with Gasteiger partial charge in [0.1, 0.15) is 0 Å². The van der Waals surface area contributed by atoms with Gasteiger partial charge in [0.25, 0.3) is 5.56 Å². The number of rotatable bonds is 4. The summed E-state index contributed by atoms with van der Waals surface area (Å²) in [5.74, 6) is 0.198. The Morgan fingerprint density at radius 1 is 1.48 bits per heavy atom. The maximum Gasteiger partial charge on any atom is 0.252 e.